The van der Waals surface area contributed by atoms with E-state index in [9.17, 15) is 13.2 Å². The van der Waals surface area contributed by atoms with Crippen LogP contribution in [0.3, 0.4) is 0 Å². The number of hydrogen-bond acceptors (Lipinski definition) is 4. The molecular weight excluding hydrogens is 338 g/mol. The molecule has 25 heavy (non-hydrogen) atoms. The van der Waals surface area contributed by atoms with Gasteiger partial charge in [0.05, 0.1) is 16.1 Å². The van der Waals surface area contributed by atoms with Gasteiger partial charge < -0.3 is 5.32 Å². The van der Waals surface area contributed by atoms with Crippen molar-refractivity contribution in [3.05, 3.63) is 65.9 Å². The van der Waals surface area contributed by atoms with Crippen LogP contribution in [0.5, 0.6) is 0 Å². The Bertz CT molecular complexity index is 1060. The molecule has 3 aromatic rings. The van der Waals surface area contributed by atoms with Crippen molar-refractivity contribution in [3.8, 4) is 0 Å². The first-order valence-electron chi connectivity index (χ1n) is 7.61. The maximum absolute atomic E-state index is 12.6. The number of aromatic nitrogens is 1. The minimum atomic E-state index is -3.61. The highest BCUT2D eigenvalue weighted by Gasteiger charge is 2.15. The Hall–Kier alpha value is -2.77. The highest BCUT2D eigenvalue weighted by atomic mass is 32.2. The summed E-state index contributed by atoms with van der Waals surface area (Å²) in [6.07, 6.45) is 1.62. The van der Waals surface area contributed by atoms with Gasteiger partial charge >= 0.3 is 0 Å². The standard InChI is InChI=1S/C18H17N3O3S/c1-12-6-7-16-15(10-12)17(8-9-20-16)21-18(22)13-4-3-5-14(11-13)25(23,24)19-2/h3-11,19H,1-2H3,(H,20,21,22). The van der Waals surface area contributed by atoms with Crippen LogP contribution < -0.4 is 10.0 Å². The Morgan fingerprint density at radius 1 is 1.08 bits per heavy atom. The highest BCUT2D eigenvalue weighted by Crippen LogP contribution is 2.23. The molecule has 2 aromatic carbocycles. The number of rotatable bonds is 4. The normalized spacial score (nSPS) is 11.4. The van der Waals surface area contributed by atoms with Crippen LogP contribution in [0.2, 0.25) is 0 Å². The van der Waals surface area contributed by atoms with E-state index < -0.39 is 10.0 Å². The quantitative estimate of drug-likeness (QED) is 0.753. The zero-order valence-corrected chi connectivity index (χ0v) is 14.6. The lowest BCUT2D eigenvalue weighted by atomic mass is 10.1. The molecule has 0 aliphatic heterocycles. The first-order chi connectivity index (χ1) is 11.9. The molecule has 1 amide bonds. The van der Waals surface area contributed by atoms with E-state index in [0.717, 1.165) is 16.5 Å². The minimum absolute atomic E-state index is 0.0399. The fraction of sp³-hybridized carbons (Fsp3) is 0.111. The Morgan fingerprint density at radius 2 is 1.88 bits per heavy atom. The van der Waals surface area contributed by atoms with E-state index in [-0.39, 0.29) is 16.4 Å². The van der Waals surface area contributed by atoms with E-state index in [4.69, 9.17) is 0 Å². The summed E-state index contributed by atoms with van der Waals surface area (Å²) < 4.78 is 26.0. The molecule has 6 nitrogen and oxygen atoms in total. The van der Waals surface area contributed by atoms with Gasteiger partial charge in [-0.1, -0.05) is 17.7 Å². The van der Waals surface area contributed by atoms with Crippen molar-refractivity contribution in [2.45, 2.75) is 11.8 Å². The number of benzene rings is 2. The lowest BCUT2D eigenvalue weighted by molar-refractivity contribution is 0.102. The number of carbonyl (C=O) groups excluding carboxylic acids is 1. The third kappa shape index (κ3) is 3.52. The maximum atomic E-state index is 12.6. The number of nitrogens with zero attached hydrogens (tertiary/aromatic N) is 1. The van der Waals surface area contributed by atoms with Crippen LogP contribution in [0.1, 0.15) is 15.9 Å². The van der Waals surface area contributed by atoms with Crippen molar-refractivity contribution in [2.24, 2.45) is 0 Å². The average molecular weight is 355 g/mol. The topological polar surface area (TPSA) is 88.2 Å². The van der Waals surface area contributed by atoms with E-state index in [1.165, 1.54) is 25.2 Å². The van der Waals surface area contributed by atoms with E-state index in [2.05, 4.69) is 15.0 Å². The Labute approximate surface area is 146 Å². The molecule has 7 heteroatoms. The second-order valence-corrected chi connectivity index (χ2v) is 7.46. The number of fused-ring (bicyclic) bond motifs is 1. The summed E-state index contributed by atoms with van der Waals surface area (Å²) in [5, 5.41) is 3.66. The van der Waals surface area contributed by atoms with Gasteiger partial charge in [0.1, 0.15) is 0 Å². The lowest BCUT2D eigenvalue weighted by Gasteiger charge is -2.10. The third-order valence-corrected chi connectivity index (χ3v) is 5.23. The SMILES string of the molecule is CNS(=O)(=O)c1cccc(C(=O)Nc2ccnc3ccc(C)cc23)c1. The molecular formula is C18H17N3O3S. The smallest absolute Gasteiger partial charge is 0.255 e. The predicted molar refractivity (Wildman–Crippen MR) is 97.1 cm³/mol. The van der Waals surface area contributed by atoms with Crippen LogP contribution in [0.25, 0.3) is 10.9 Å². The predicted octanol–water partition coefficient (Wildman–Crippen LogP) is 2.70. The third-order valence-electron chi connectivity index (χ3n) is 3.82. The number of anilines is 1. The zero-order valence-electron chi connectivity index (χ0n) is 13.8. The van der Waals surface area contributed by atoms with Crippen molar-refractivity contribution < 1.29 is 13.2 Å². The molecule has 0 bridgehead atoms. The van der Waals surface area contributed by atoms with Crippen LogP contribution in [0.15, 0.2) is 59.6 Å². The van der Waals surface area contributed by atoms with Crippen LogP contribution in [0.4, 0.5) is 5.69 Å². The Balaban J connectivity index is 1.96. The monoisotopic (exact) mass is 355 g/mol. The fourth-order valence-electron chi connectivity index (χ4n) is 2.49. The van der Waals surface area contributed by atoms with Gasteiger partial charge in [0, 0.05) is 17.1 Å². The van der Waals surface area contributed by atoms with Crippen LogP contribution in [-0.4, -0.2) is 26.4 Å². The van der Waals surface area contributed by atoms with E-state index >= 15 is 0 Å². The molecule has 0 unspecified atom stereocenters. The average Bonchev–Trinajstić information content (AvgIpc) is 2.62. The Morgan fingerprint density at radius 3 is 2.64 bits per heavy atom. The first-order valence-corrected chi connectivity index (χ1v) is 9.09. The van der Waals surface area contributed by atoms with Gasteiger partial charge in [0.25, 0.3) is 5.91 Å². The molecule has 0 fully saturated rings. The molecule has 0 atom stereocenters. The molecule has 0 spiro atoms. The van der Waals surface area contributed by atoms with Gasteiger partial charge in [-0.25, -0.2) is 13.1 Å². The van der Waals surface area contributed by atoms with E-state index in [0.29, 0.717) is 5.69 Å². The molecule has 0 aliphatic carbocycles. The number of pyridine rings is 1. The van der Waals surface area contributed by atoms with E-state index in [1.807, 2.05) is 25.1 Å². The van der Waals surface area contributed by atoms with Gasteiger partial charge in [-0.3, -0.25) is 9.78 Å². The second-order valence-electron chi connectivity index (χ2n) is 5.57. The van der Waals surface area contributed by atoms with Gasteiger partial charge in [-0.05, 0) is 50.4 Å². The largest absolute Gasteiger partial charge is 0.321 e. The minimum Gasteiger partial charge on any atom is -0.321 e. The number of amides is 1. The van der Waals surface area contributed by atoms with Crippen molar-refractivity contribution in [1.82, 2.24) is 9.71 Å². The zero-order chi connectivity index (χ0) is 18.0. The van der Waals surface area contributed by atoms with Gasteiger partial charge in [-0.2, -0.15) is 0 Å². The number of nitrogens with one attached hydrogen (secondary N) is 2. The van der Waals surface area contributed by atoms with Gasteiger partial charge in [0.2, 0.25) is 10.0 Å². The summed E-state index contributed by atoms with van der Waals surface area (Å²) >= 11 is 0. The molecule has 0 aliphatic rings. The molecule has 1 aromatic heterocycles. The summed E-state index contributed by atoms with van der Waals surface area (Å²) in [5.41, 5.74) is 2.71. The van der Waals surface area contributed by atoms with E-state index in [1.54, 1.807) is 18.3 Å². The van der Waals surface area contributed by atoms with Crippen LogP contribution in [-0.2, 0) is 10.0 Å². The number of carbonyl (C=O) groups is 1. The highest BCUT2D eigenvalue weighted by molar-refractivity contribution is 7.89. The Kier molecular flexibility index (Phi) is 4.52. The van der Waals surface area contributed by atoms with Crippen molar-refractivity contribution in [2.75, 3.05) is 12.4 Å². The summed E-state index contributed by atoms with van der Waals surface area (Å²) in [7, 11) is -2.28. The summed E-state index contributed by atoms with van der Waals surface area (Å²) in [4.78, 5) is 16.9. The molecule has 128 valence electrons. The molecule has 3 rings (SSSR count). The molecule has 0 saturated carbocycles. The van der Waals surface area contributed by atoms with Crippen LogP contribution in [0, 0.1) is 6.92 Å². The number of sulfonamides is 1. The number of aryl methyl sites for hydroxylation is 1. The summed E-state index contributed by atoms with van der Waals surface area (Å²) in [6.45, 7) is 1.96. The first kappa shape index (κ1) is 17.1. The maximum Gasteiger partial charge on any atom is 0.255 e. The summed E-state index contributed by atoms with van der Waals surface area (Å²) in [5.74, 6) is -0.387. The van der Waals surface area contributed by atoms with Crippen molar-refractivity contribution in [3.63, 3.8) is 0 Å². The van der Waals surface area contributed by atoms with Crippen molar-refractivity contribution >= 4 is 32.5 Å². The van der Waals surface area contributed by atoms with Crippen LogP contribution >= 0.6 is 0 Å². The van der Waals surface area contributed by atoms with Crippen molar-refractivity contribution in [1.29, 1.82) is 0 Å². The lowest BCUT2D eigenvalue weighted by Crippen LogP contribution is -2.19. The number of hydrogen-bond donors (Lipinski definition) is 2. The van der Waals surface area contributed by atoms with Gasteiger partial charge in [-0.15, -0.1) is 0 Å². The fourth-order valence-corrected chi connectivity index (χ4v) is 3.26. The summed E-state index contributed by atoms with van der Waals surface area (Å²) in [6, 6.07) is 13.4. The second kappa shape index (κ2) is 6.62. The molecule has 2 N–H and O–H groups in total. The molecule has 0 radical (unpaired) electrons. The molecule has 1 heterocycles. The molecule has 0 saturated heterocycles. The van der Waals surface area contributed by atoms with Gasteiger partial charge in [0.15, 0.2) is 0 Å².